The number of hydrogen-bond acceptors (Lipinski definition) is 3. The van der Waals surface area contributed by atoms with Crippen molar-refractivity contribution in [2.24, 2.45) is 0 Å². The average molecular weight is 459 g/mol. The standard InChI is InChI=1S/C23H24BrO3P/c1-3-26-28(25,27-4-2)17-19-11-9-18(10-12-19)13-14-20-15-16-23(24)22-8-6-5-7-21(20)22/h5-16H,3-4,17H2,1-2H3/b14-13+. The summed E-state index contributed by atoms with van der Waals surface area (Å²) in [6.45, 7) is 4.40. The van der Waals surface area contributed by atoms with E-state index in [2.05, 4.69) is 58.4 Å². The first-order chi connectivity index (χ1) is 13.5. The molecule has 146 valence electrons. The molecule has 0 spiro atoms. The van der Waals surface area contributed by atoms with E-state index >= 15 is 0 Å². The van der Waals surface area contributed by atoms with Crippen LogP contribution in [-0.2, 0) is 19.8 Å². The lowest BCUT2D eigenvalue weighted by Gasteiger charge is -2.16. The van der Waals surface area contributed by atoms with Crippen LogP contribution in [0.1, 0.15) is 30.5 Å². The fraction of sp³-hybridized carbons (Fsp3) is 0.217. The van der Waals surface area contributed by atoms with Crippen molar-refractivity contribution in [2.75, 3.05) is 13.2 Å². The first-order valence-corrected chi connectivity index (χ1v) is 11.9. The van der Waals surface area contributed by atoms with E-state index in [4.69, 9.17) is 9.05 Å². The second kappa shape index (κ2) is 9.67. The molecule has 5 heteroatoms. The third-order valence-corrected chi connectivity index (χ3v) is 7.11. The summed E-state index contributed by atoms with van der Waals surface area (Å²) in [7, 11) is -3.07. The smallest absolute Gasteiger partial charge is 0.309 e. The molecule has 28 heavy (non-hydrogen) atoms. The summed E-state index contributed by atoms with van der Waals surface area (Å²) in [6, 6.07) is 20.5. The quantitative estimate of drug-likeness (QED) is 0.258. The van der Waals surface area contributed by atoms with Gasteiger partial charge in [0, 0.05) is 4.47 Å². The number of hydrogen-bond donors (Lipinski definition) is 0. The third-order valence-electron chi connectivity index (χ3n) is 4.37. The van der Waals surface area contributed by atoms with Crippen LogP contribution < -0.4 is 0 Å². The van der Waals surface area contributed by atoms with Gasteiger partial charge in [0.1, 0.15) is 0 Å². The summed E-state index contributed by atoms with van der Waals surface area (Å²) in [4.78, 5) is 0. The third kappa shape index (κ3) is 5.21. The second-order valence-electron chi connectivity index (χ2n) is 6.36. The number of fused-ring (bicyclic) bond motifs is 1. The molecule has 0 amide bonds. The van der Waals surface area contributed by atoms with Crippen LogP contribution in [-0.4, -0.2) is 13.2 Å². The summed E-state index contributed by atoms with van der Waals surface area (Å²) < 4.78 is 24.5. The minimum Gasteiger partial charge on any atom is -0.309 e. The van der Waals surface area contributed by atoms with Gasteiger partial charge in [-0.3, -0.25) is 4.57 Å². The summed E-state index contributed by atoms with van der Waals surface area (Å²) in [6.07, 6.45) is 4.50. The zero-order chi connectivity index (χ0) is 20.0. The molecule has 0 aliphatic carbocycles. The van der Waals surface area contributed by atoms with E-state index in [9.17, 15) is 4.57 Å². The van der Waals surface area contributed by atoms with Crippen molar-refractivity contribution in [2.45, 2.75) is 20.0 Å². The van der Waals surface area contributed by atoms with E-state index in [0.29, 0.717) is 13.2 Å². The van der Waals surface area contributed by atoms with Crippen LogP contribution in [0.2, 0.25) is 0 Å². The SMILES string of the molecule is CCOP(=O)(Cc1ccc(/C=C/c2ccc(Br)c3ccccc23)cc1)OCC. The maximum Gasteiger partial charge on any atom is 0.335 e. The van der Waals surface area contributed by atoms with E-state index in [1.807, 2.05) is 44.2 Å². The molecule has 3 nitrogen and oxygen atoms in total. The summed E-state index contributed by atoms with van der Waals surface area (Å²) in [5.74, 6) is 0. The van der Waals surface area contributed by atoms with E-state index < -0.39 is 7.60 Å². The summed E-state index contributed by atoms with van der Waals surface area (Å²) in [5, 5.41) is 2.40. The van der Waals surface area contributed by atoms with Gasteiger partial charge in [-0.15, -0.1) is 0 Å². The molecule has 3 aromatic carbocycles. The van der Waals surface area contributed by atoms with E-state index in [1.165, 1.54) is 16.3 Å². The molecule has 0 radical (unpaired) electrons. The predicted molar refractivity (Wildman–Crippen MR) is 122 cm³/mol. The Bertz CT molecular complexity index is 1000. The van der Waals surface area contributed by atoms with Crippen LogP contribution >= 0.6 is 23.5 Å². The highest BCUT2D eigenvalue weighted by atomic mass is 79.9. The van der Waals surface area contributed by atoms with Gasteiger partial charge in [-0.2, -0.15) is 0 Å². The monoisotopic (exact) mass is 458 g/mol. The number of rotatable bonds is 8. The number of halogens is 1. The Kier molecular flexibility index (Phi) is 7.25. The molecule has 0 aromatic heterocycles. The van der Waals surface area contributed by atoms with Crippen molar-refractivity contribution >= 4 is 46.5 Å². The number of benzene rings is 3. The van der Waals surface area contributed by atoms with Gasteiger partial charge in [-0.05, 0) is 47.4 Å². The molecule has 0 heterocycles. The van der Waals surface area contributed by atoms with Crippen LogP contribution in [0.15, 0.2) is 65.1 Å². The topological polar surface area (TPSA) is 35.5 Å². The van der Waals surface area contributed by atoms with Crippen molar-refractivity contribution in [3.8, 4) is 0 Å². The van der Waals surface area contributed by atoms with E-state index in [0.717, 1.165) is 15.6 Å². The molecule has 3 rings (SSSR count). The van der Waals surface area contributed by atoms with Gasteiger partial charge in [0.05, 0.1) is 19.4 Å². The van der Waals surface area contributed by atoms with Crippen molar-refractivity contribution in [1.29, 1.82) is 0 Å². The Hall–Kier alpha value is -1.71. The lowest BCUT2D eigenvalue weighted by Crippen LogP contribution is -1.99. The van der Waals surface area contributed by atoms with Crippen molar-refractivity contribution in [1.82, 2.24) is 0 Å². The average Bonchev–Trinajstić information content (AvgIpc) is 2.69. The Morgan fingerprint density at radius 2 is 1.50 bits per heavy atom. The van der Waals surface area contributed by atoms with Gasteiger partial charge >= 0.3 is 7.60 Å². The van der Waals surface area contributed by atoms with Crippen molar-refractivity contribution < 1.29 is 13.6 Å². The molecule has 0 atom stereocenters. The van der Waals surface area contributed by atoms with E-state index in [-0.39, 0.29) is 6.16 Å². The minimum atomic E-state index is -3.07. The normalized spacial score (nSPS) is 12.1. The van der Waals surface area contributed by atoms with Crippen molar-refractivity contribution in [3.05, 3.63) is 81.8 Å². The molecular weight excluding hydrogens is 435 g/mol. The largest absolute Gasteiger partial charge is 0.335 e. The lowest BCUT2D eigenvalue weighted by atomic mass is 10.0. The molecule has 0 N–H and O–H groups in total. The molecule has 0 saturated carbocycles. The fourth-order valence-electron chi connectivity index (χ4n) is 3.10. The zero-order valence-corrected chi connectivity index (χ0v) is 18.6. The Labute approximate surface area is 175 Å². The first-order valence-electron chi connectivity index (χ1n) is 9.37. The maximum atomic E-state index is 12.7. The second-order valence-corrected chi connectivity index (χ2v) is 9.27. The summed E-state index contributed by atoms with van der Waals surface area (Å²) in [5.41, 5.74) is 3.19. The lowest BCUT2D eigenvalue weighted by molar-refractivity contribution is 0.219. The fourth-order valence-corrected chi connectivity index (χ4v) is 5.28. The molecule has 0 aliphatic rings. The van der Waals surface area contributed by atoms with Gasteiger partial charge in [0.2, 0.25) is 0 Å². The van der Waals surface area contributed by atoms with Gasteiger partial charge in [-0.1, -0.05) is 82.7 Å². The van der Waals surface area contributed by atoms with Crippen LogP contribution in [0.3, 0.4) is 0 Å². The molecule has 0 fully saturated rings. The highest BCUT2D eigenvalue weighted by Crippen LogP contribution is 2.51. The molecule has 0 unspecified atom stereocenters. The minimum absolute atomic E-state index is 0.288. The Morgan fingerprint density at radius 1 is 0.857 bits per heavy atom. The summed E-state index contributed by atoms with van der Waals surface area (Å²) >= 11 is 3.61. The zero-order valence-electron chi connectivity index (χ0n) is 16.1. The van der Waals surface area contributed by atoms with Gasteiger partial charge in [0.15, 0.2) is 0 Å². The Balaban J connectivity index is 1.78. The first kappa shape index (κ1) is 21.0. The molecular formula is C23H24BrO3P. The van der Waals surface area contributed by atoms with Crippen LogP contribution in [0.4, 0.5) is 0 Å². The molecule has 3 aromatic rings. The van der Waals surface area contributed by atoms with Crippen LogP contribution in [0.5, 0.6) is 0 Å². The maximum absolute atomic E-state index is 12.7. The van der Waals surface area contributed by atoms with Crippen molar-refractivity contribution in [3.63, 3.8) is 0 Å². The highest BCUT2D eigenvalue weighted by Gasteiger charge is 2.23. The molecule has 0 aliphatic heterocycles. The van der Waals surface area contributed by atoms with Gasteiger partial charge in [-0.25, -0.2) is 0 Å². The Morgan fingerprint density at radius 3 is 2.14 bits per heavy atom. The van der Waals surface area contributed by atoms with Gasteiger partial charge in [0.25, 0.3) is 0 Å². The van der Waals surface area contributed by atoms with Crippen LogP contribution in [0.25, 0.3) is 22.9 Å². The predicted octanol–water partition coefficient (Wildman–Crippen LogP) is 7.54. The molecule has 0 saturated heterocycles. The van der Waals surface area contributed by atoms with Crippen LogP contribution in [0, 0.1) is 0 Å². The van der Waals surface area contributed by atoms with Gasteiger partial charge < -0.3 is 9.05 Å². The molecule has 0 bridgehead atoms. The van der Waals surface area contributed by atoms with E-state index in [1.54, 1.807) is 0 Å². The highest BCUT2D eigenvalue weighted by molar-refractivity contribution is 9.10.